The Balaban J connectivity index is 2.09. The third kappa shape index (κ3) is 0.518. The topological polar surface area (TPSA) is 35.5 Å². The van der Waals surface area contributed by atoms with E-state index < -0.39 is 0 Å². The lowest BCUT2D eigenvalue weighted by Crippen LogP contribution is -2.31. The molecule has 3 heterocycles. The van der Waals surface area contributed by atoms with E-state index in [-0.39, 0.29) is 23.6 Å². The van der Waals surface area contributed by atoms with E-state index in [9.17, 15) is 4.79 Å². The van der Waals surface area contributed by atoms with E-state index >= 15 is 0 Å². The lowest BCUT2D eigenvalue weighted by Gasteiger charge is -2.16. The van der Waals surface area contributed by atoms with Crippen molar-refractivity contribution in [1.82, 2.24) is 0 Å². The van der Waals surface area contributed by atoms with Crippen molar-refractivity contribution in [1.29, 1.82) is 0 Å². The first-order valence-electron chi connectivity index (χ1n) is 3.84. The average Bonchev–Trinajstić information content (AvgIpc) is 2.62. The van der Waals surface area contributed by atoms with Crippen molar-refractivity contribution in [2.75, 3.05) is 6.61 Å². The number of carbonyl (C=O) groups excluding carboxylic acids is 1. The number of rotatable bonds is 0. The van der Waals surface area contributed by atoms with Gasteiger partial charge in [0.2, 0.25) is 0 Å². The zero-order chi connectivity index (χ0) is 7.47. The molecule has 0 aromatic carbocycles. The molecule has 0 aliphatic carbocycles. The van der Waals surface area contributed by atoms with Crippen LogP contribution >= 0.6 is 0 Å². The summed E-state index contributed by atoms with van der Waals surface area (Å²) >= 11 is 0. The number of fused-ring (bicyclic) bond motifs is 1. The number of esters is 1. The van der Waals surface area contributed by atoms with Gasteiger partial charge < -0.3 is 9.47 Å². The summed E-state index contributed by atoms with van der Waals surface area (Å²) in [5, 5.41) is 0. The Hall–Kier alpha value is -0.830. The predicted octanol–water partition coefficient (Wildman–Crippen LogP) is 0.257. The third-order valence-corrected chi connectivity index (χ3v) is 2.75. The zero-order valence-corrected chi connectivity index (χ0v) is 5.95. The molecule has 3 nitrogen and oxygen atoms in total. The van der Waals surface area contributed by atoms with Crippen LogP contribution in [0.25, 0.3) is 0 Å². The highest BCUT2D eigenvalue weighted by Crippen LogP contribution is 2.47. The van der Waals surface area contributed by atoms with E-state index in [2.05, 4.69) is 0 Å². The molecule has 0 saturated carbocycles. The fourth-order valence-corrected chi connectivity index (χ4v) is 2.15. The minimum atomic E-state index is -0.359. The molecular formula is C8H8O3. The van der Waals surface area contributed by atoms with Gasteiger partial charge >= 0.3 is 5.97 Å². The molecule has 2 bridgehead atoms. The van der Waals surface area contributed by atoms with Crippen molar-refractivity contribution < 1.29 is 14.3 Å². The third-order valence-electron chi connectivity index (χ3n) is 2.75. The molecule has 0 amide bonds. The fourth-order valence-electron chi connectivity index (χ4n) is 2.15. The first-order chi connectivity index (χ1) is 5.30. The molecule has 1 spiro atoms. The van der Waals surface area contributed by atoms with E-state index in [0.717, 1.165) is 6.42 Å². The van der Waals surface area contributed by atoms with Gasteiger partial charge in [-0.3, -0.25) is 4.79 Å². The number of carbonyl (C=O) groups is 1. The van der Waals surface area contributed by atoms with Crippen LogP contribution in [-0.2, 0) is 14.3 Å². The number of cyclic esters (lactones) is 1. The predicted molar refractivity (Wildman–Crippen MR) is 35.8 cm³/mol. The highest BCUT2D eigenvalue weighted by Gasteiger charge is 2.58. The Kier molecular flexibility index (Phi) is 0.790. The molecule has 2 saturated heterocycles. The van der Waals surface area contributed by atoms with Gasteiger partial charge in [0, 0.05) is 0 Å². The van der Waals surface area contributed by atoms with Crippen LogP contribution in [0.1, 0.15) is 6.42 Å². The van der Waals surface area contributed by atoms with E-state index in [1.807, 2.05) is 12.2 Å². The number of hydrogen-bond acceptors (Lipinski definition) is 3. The molecule has 0 aromatic rings. The first kappa shape index (κ1) is 5.77. The normalized spacial score (nSPS) is 51.5. The Morgan fingerprint density at radius 1 is 1.64 bits per heavy atom. The SMILES string of the molecule is O=C1OC[C@]23C=C[C@H](CC12)O3. The largest absolute Gasteiger partial charge is 0.462 e. The molecule has 0 radical (unpaired) electrons. The van der Waals surface area contributed by atoms with Gasteiger partial charge in [-0.25, -0.2) is 0 Å². The Labute approximate surface area is 64.0 Å². The molecule has 0 aromatic heterocycles. The van der Waals surface area contributed by atoms with Gasteiger partial charge in [0.25, 0.3) is 0 Å². The van der Waals surface area contributed by atoms with Gasteiger partial charge in [0.15, 0.2) is 0 Å². The second-order valence-corrected chi connectivity index (χ2v) is 3.37. The summed E-state index contributed by atoms with van der Waals surface area (Å²) in [6.45, 7) is 0.420. The molecule has 3 rings (SSSR count). The van der Waals surface area contributed by atoms with Gasteiger partial charge in [-0.2, -0.15) is 0 Å². The molecule has 3 aliphatic rings. The molecule has 0 N–H and O–H groups in total. The van der Waals surface area contributed by atoms with E-state index in [0.29, 0.717) is 6.61 Å². The summed E-state index contributed by atoms with van der Waals surface area (Å²) in [4.78, 5) is 11.1. The van der Waals surface area contributed by atoms with Crippen LogP contribution in [0.3, 0.4) is 0 Å². The molecule has 3 atom stereocenters. The summed E-state index contributed by atoms with van der Waals surface area (Å²) in [5.41, 5.74) is -0.359. The molecule has 11 heavy (non-hydrogen) atoms. The number of ether oxygens (including phenoxy) is 2. The van der Waals surface area contributed by atoms with Crippen LogP contribution in [0.5, 0.6) is 0 Å². The minimum Gasteiger partial charge on any atom is -0.462 e. The minimum absolute atomic E-state index is 0.0162. The van der Waals surface area contributed by atoms with Crippen LogP contribution in [0.15, 0.2) is 12.2 Å². The molecule has 3 heteroatoms. The highest BCUT2D eigenvalue weighted by atomic mass is 16.6. The zero-order valence-electron chi connectivity index (χ0n) is 5.95. The monoisotopic (exact) mass is 152 g/mol. The highest BCUT2D eigenvalue weighted by molar-refractivity contribution is 5.78. The van der Waals surface area contributed by atoms with Gasteiger partial charge in [-0.1, -0.05) is 6.08 Å². The Morgan fingerprint density at radius 3 is 3.27 bits per heavy atom. The van der Waals surface area contributed by atoms with Crippen molar-refractivity contribution in [2.24, 2.45) is 5.92 Å². The summed E-state index contributed by atoms with van der Waals surface area (Å²) in [5.74, 6) is -0.102. The summed E-state index contributed by atoms with van der Waals surface area (Å²) in [7, 11) is 0. The quantitative estimate of drug-likeness (QED) is 0.369. The van der Waals surface area contributed by atoms with Crippen molar-refractivity contribution in [3.63, 3.8) is 0 Å². The second kappa shape index (κ2) is 1.50. The van der Waals surface area contributed by atoms with E-state index in [4.69, 9.17) is 9.47 Å². The molecule has 2 fully saturated rings. The van der Waals surface area contributed by atoms with Gasteiger partial charge in [-0.15, -0.1) is 0 Å². The van der Waals surface area contributed by atoms with Crippen LogP contribution < -0.4 is 0 Å². The smallest absolute Gasteiger partial charge is 0.312 e. The van der Waals surface area contributed by atoms with Crippen molar-refractivity contribution >= 4 is 5.97 Å². The van der Waals surface area contributed by atoms with E-state index in [1.54, 1.807) is 0 Å². The second-order valence-electron chi connectivity index (χ2n) is 3.37. The van der Waals surface area contributed by atoms with Crippen molar-refractivity contribution in [2.45, 2.75) is 18.1 Å². The molecule has 3 aliphatic heterocycles. The molecule has 1 unspecified atom stereocenters. The van der Waals surface area contributed by atoms with Crippen LogP contribution in [0, 0.1) is 5.92 Å². The first-order valence-corrected chi connectivity index (χ1v) is 3.84. The Morgan fingerprint density at radius 2 is 2.55 bits per heavy atom. The Bertz CT molecular complexity index is 258. The summed E-state index contributed by atoms with van der Waals surface area (Å²) < 4.78 is 10.5. The lowest BCUT2D eigenvalue weighted by atomic mass is 9.86. The maximum absolute atomic E-state index is 11.1. The van der Waals surface area contributed by atoms with Crippen LogP contribution in [0.2, 0.25) is 0 Å². The standard InChI is InChI=1S/C8H8O3/c9-7-6-3-5-1-2-8(6,11-5)4-10-7/h1-2,5-6H,3-4H2/t5-,6?,8-/m1/s1. The molecule has 58 valence electrons. The van der Waals surface area contributed by atoms with Crippen LogP contribution in [0.4, 0.5) is 0 Å². The van der Waals surface area contributed by atoms with Crippen molar-refractivity contribution in [3.8, 4) is 0 Å². The van der Waals surface area contributed by atoms with Crippen LogP contribution in [-0.4, -0.2) is 24.3 Å². The van der Waals surface area contributed by atoms with Gasteiger partial charge in [0.05, 0.1) is 12.0 Å². The average molecular weight is 152 g/mol. The lowest BCUT2D eigenvalue weighted by molar-refractivity contribution is -0.141. The maximum atomic E-state index is 11.1. The van der Waals surface area contributed by atoms with E-state index in [1.165, 1.54) is 0 Å². The number of hydrogen-bond donors (Lipinski definition) is 0. The molecular weight excluding hydrogens is 144 g/mol. The van der Waals surface area contributed by atoms with Gasteiger partial charge in [-0.05, 0) is 12.5 Å². The summed E-state index contributed by atoms with van der Waals surface area (Å²) in [6.07, 6.45) is 5.00. The van der Waals surface area contributed by atoms with Gasteiger partial charge in [0.1, 0.15) is 12.2 Å². The fraction of sp³-hybridized carbons (Fsp3) is 0.625. The maximum Gasteiger partial charge on any atom is 0.312 e. The van der Waals surface area contributed by atoms with Crippen molar-refractivity contribution in [3.05, 3.63) is 12.2 Å². The summed E-state index contributed by atoms with van der Waals surface area (Å²) in [6, 6.07) is 0.